The number of nitriles is 1. The monoisotopic (exact) mass is 435 g/mol. The van der Waals surface area contributed by atoms with Crippen LogP contribution in [-0.2, 0) is 16.0 Å². The Morgan fingerprint density at radius 2 is 1.97 bits per heavy atom. The number of anilines is 1. The lowest BCUT2D eigenvalue weighted by Gasteiger charge is -2.26. The SMILES string of the molecule is CCOc1ccccc1[C@H]1CC(=O)NC(SCC(=O)Nc2ccccc2CC)=C1C#N. The molecule has 2 aromatic carbocycles. The number of allylic oxidation sites excluding steroid dienone is 1. The van der Waals surface area contributed by atoms with Crippen LogP contribution in [0.4, 0.5) is 5.69 Å². The van der Waals surface area contributed by atoms with Crippen molar-refractivity contribution in [3.05, 3.63) is 70.3 Å². The lowest BCUT2D eigenvalue weighted by atomic mass is 9.86. The Balaban J connectivity index is 1.80. The zero-order chi connectivity index (χ0) is 22.2. The zero-order valence-corrected chi connectivity index (χ0v) is 18.4. The van der Waals surface area contributed by atoms with Crippen molar-refractivity contribution in [1.29, 1.82) is 5.26 Å². The summed E-state index contributed by atoms with van der Waals surface area (Å²) in [6.07, 6.45) is 0.970. The van der Waals surface area contributed by atoms with E-state index in [9.17, 15) is 14.9 Å². The van der Waals surface area contributed by atoms with E-state index in [1.165, 1.54) is 0 Å². The maximum atomic E-state index is 12.5. The number of nitrogens with one attached hydrogen (secondary N) is 2. The fraction of sp³-hybridized carbons (Fsp3) is 0.292. The van der Waals surface area contributed by atoms with Crippen molar-refractivity contribution >= 4 is 29.3 Å². The summed E-state index contributed by atoms with van der Waals surface area (Å²) in [5.74, 6) is -0.0431. The summed E-state index contributed by atoms with van der Waals surface area (Å²) >= 11 is 1.16. The molecule has 0 aromatic heterocycles. The molecule has 0 spiro atoms. The molecule has 6 nitrogen and oxygen atoms in total. The van der Waals surface area contributed by atoms with E-state index >= 15 is 0 Å². The molecule has 2 amide bonds. The highest BCUT2D eigenvalue weighted by molar-refractivity contribution is 8.03. The summed E-state index contributed by atoms with van der Waals surface area (Å²) in [6.45, 7) is 4.41. The van der Waals surface area contributed by atoms with Gasteiger partial charge in [-0.2, -0.15) is 5.26 Å². The zero-order valence-electron chi connectivity index (χ0n) is 17.6. The maximum absolute atomic E-state index is 12.5. The molecule has 0 bridgehead atoms. The van der Waals surface area contributed by atoms with Gasteiger partial charge in [0.2, 0.25) is 11.8 Å². The van der Waals surface area contributed by atoms with Crippen molar-refractivity contribution in [2.45, 2.75) is 32.6 Å². The Bertz CT molecular complexity index is 1040. The summed E-state index contributed by atoms with van der Waals surface area (Å²) < 4.78 is 5.71. The van der Waals surface area contributed by atoms with Crippen LogP contribution < -0.4 is 15.4 Å². The number of thioether (sulfide) groups is 1. The normalized spacial score (nSPS) is 15.8. The molecule has 160 valence electrons. The van der Waals surface area contributed by atoms with Gasteiger partial charge in [-0.1, -0.05) is 55.1 Å². The minimum absolute atomic E-state index is 0.0820. The van der Waals surface area contributed by atoms with E-state index in [0.29, 0.717) is 23.0 Å². The number of amides is 2. The molecule has 0 saturated heterocycles. The fourth-order valence-corrected chi connectivity index (χ4v) is 4.41. The van der Waals surface area contributed by atoms with Crippen LogP contribution in [0.2, 0.25) is 0 Å². The molecular formula is C24H25N3O3S. The van der Waals surface area contributed by atoms with Crippen molar-refractivity contribution < 1.29 is 14.3 Å². The number of benzene rings is 2. The largest absolute Gasteiger partial charge is 0.494 e. The number of aryl methyl sites for hydroxylation is 1. The standard InChI is InChI=1S/C24H25N3O3S/c1-3-16-9-5-7-11-20(16)26-23(29)15-31-24-19(14-25)18(13-22(28)27-24)17-10-6-8-12-21(17)30-4-2/h5-12,18H,3-4,13,15H2,1-2H3,(H,26,29)(H,27,28)/t18-/m1/s1. The Morgan fingerprint density at radius 3 is 2.71 bits per heavy atom. The van der Waals surface area contributed by atoms with Gasteiger partial charge in [0.25, 0.3) is 0 Å². The van der Waals surface area contributed by atoms with Crippen LogP contribution in [0, 0.1) is 11.3 Å². The van der Waals surface area contributed by atoms with Crippen molar-refractivity contribution in [1.82, 2.24) is 5.32 Å². The molecule has 31 heavy (non-hydrogen) atoms. The predicted molar refractivity (Wildman–Crippen MR) is 123 cm³/mol. The first-order valence-corrected chi connectivity index (χ1v) is 11.2. The van der Waals surface area contributed by atoms with E-state index in [2.05, 4.69) is 16.7 Å². The van der Waals surface area contributed by atoms with Crippen LogP contribution in [0.25, 0.3) is 0 Å². The van der Waals surface area contributed by atoms with Crippen molar-refractivity contribution in [2.75, 3.05) is 17.7 Å². The number of hydrogen-bond donors (Lipinski definition) is 2. The highest BCUT2D eigenvalue weighted by atomic mass is 32.2. The minimum Gasteiger partial charge on any atom is -0.494 e. The average molecular weight is 436 g/mol. The summed E-state index contributed by atoms with van der Waals surface area (Å²) in [4.78, 5) is 24.9. The molecular weight excluding hydrogens is 410 g/mol. The lowest BCUT2D eigenvalue weighted by molar-refractivity contribution is -0.121. The van der Waals surface area contributed by atoms with Crippen molar-refractivity contribution in [2.24, 2.45) is 0 Å². The first-order valence-electron chi connectivity index (χ1n) is 10.2. The summed E-state index contributed by atoms with van der Waals surface area (Å²) in [5.41, 5.74) is 3.08. The van der Waals surface area contributed by atoms with Crippen LogP contribution in [0.15, 0.2) is 59.1 Å². The predicted octanol–water partition coefficient (Wildman–Crippen LogP) is 4.36. The number of hydrogen-bond acceptors (Lipinski definition) is 5. The molecule has 3 rings (SSSR count). The Hall–Kier alpha value is -3.24. The molecule has 0 saturated carbocycles. The summed E-state index contributed by atoms with van der Waals surface area (Å²) in [6, 6.07) is 17.3. The van der Waals surface area contributed by atoms with Crippen LogP contribution >= 0.6 is 11.8 Å². The van der Waals surface area contributed by atoms with Gasteiger partial charge in [-0.25, -0.2) is 0 Å². The number of ether oxygens (including phenoxy) is 1. The van der Waals surface area contributed by atoms with E-state index in [0.717, 1.165) is 35.0 Å². The number of nitrogens with zero attached hydrogens (tertiary/aromatic N) is 1. The molecule has 0 fully saturated rings. The lowest BCUT2D eigenvalue weighted by Crippen LogP contribution is -2.31. The molecule has 0 unspecified atom stereocenters. The Morgan fingerprint density at radius 1 is 1.23 bits per heavy atom. The Kier molecular flexibility index (Phi) is 7.74. The third kappa shape index (κ3) is 5.47. The third-order valence-electron chi connectivity index (χ3n) is 4.97. The highest BCUT2D eigenvalue weighted by Gasteiger charge is 2.31. The first kappa shape index (κ1) is 22.4. The molecule has 2 N–H and O–H groups in total. The highest BCUT2D eigenvalue weighted by Crippen LogP contribution is 2.39. The summed E-state index contributed by atoms with van der Waals surface area (Å²) in [7, 11) is 0. The van der Waals surface area contributed by atoms with Gasteiger partial charge in [0, 0.05) is 23.6 Å². The van der Waals surface area contributed by atoms with Crippen LogP contribution in [0.1, 0.15) is 37.3 Å². The Labute approximate surface area is 186 Å². The quantitative estimate of drug-likeness (QED) is 0.643. The molecule has 1 heterocycles. The molecule has 1 aliphatic heterocycles. The fourth-order valence-electron chi connectivity index (χ4n) is 3.53. The number of para-hydroxylation sites is 2. The third-order valence-corrected chi connectivity index (χ3v) is 5.99. The van der Waals surface area contributed by atoms with E-state index < -0.39 is 5.92 Å². The van der Waals surface area contributed by atoms with E-state index in [4.69, 9.17) is 4.74 Å². The van der Waals surface area contributed by atoms with Crippen molar-refractivity contribution in [3.63, 3.8) is 0 Å². The second kappa shape index (κ2) is 10.7. The number of carbonyl (C=O) groups is 2. The molecule has 0 radical (unpaired) electrons. The second-order valence-corrected chi connectivity index (χ2v) is 7.96. The van der Waals surface area contributed by atoms with E-state index in [-0.39, 0.29) is 24.0 Å². The van der Waals surface area contributed by atoms with E-state index in [1.807, 2.05) is 62.4 Å². The van der Waals surface area contributed by atoms with Gasteiger partial charge in [0.15, 0.2) is 0 Å². The average Bonchev–Trinajstić information content (AvgIpc) is 2.78. The van der Waals surface area contributed by atoms with Gasteiger partial charge in [-0.05, 0) is 31.0 Å². The molecule has 1 atom stereocenters. The van der Waals surface area contributed by atoms with Crippen molar-refractivity contribution in [3.8, 4) is 11.8 Å². The molecule has 7 heteroatoms. The first-order chi connectivity index (χ1) is 15.1. The van der Waals surface area contributed by atoms with Gasteiger partial charge in [-0.15, -0.1) is 0 Å². The van der Waals surface area contributed by atoms with Crippen LogP contribution in [0.3, 0.4) is 0 Å². The van der Waals surface area contributed by atoms with Gasteiger partial charge >= 0.3 is 0 Å². The molecule has 0 aliphatic carbocycles. The van der Waals surface area contributed by atoms with Gasteiger partial charge in [0.05, 0.1) is 29.0 Å². The minimum atomic E-state index is -0.409. The molecule has 1 aliphatic rings. The summed E-state index contributed by atoms with van der Waals surface area (Å²) in [5, 5.41) is 16.0. The van der Waals surface area contributed by atoms with E-state index in [1.54, 1.807) is 0 Å². The maximum Gasteiger partial charge on any atom is 0.234 e. The van der Waals surface area contributed by atoms with Crippen LogP contribution in [-0.4, -0.2) is 24.2 Å². The molecule has 2 aromatic rings. The number of rotatable bonds is 8. The van der Waals surface area contributed by atoms with Gasteiger partial charge in [-0.3, -0.25) is 9.59 Å². The van der Waals surface area contributed by atoms with Crippen LogP contribution in [0.5, 0.6) is 5.75 Å². The second-order valence-electron chi connectivity index (χ2n) is 6.98. The van der Waals surface area contributed by atoms with Gasteiger partial charge in [0.1, 0.15) is 5.75 Å². The smallest absolute Gasteiger partial charge is 0.234 e. The topological polar surface area (TPSA) is 91.2 Å². The van der Waals surface area contributed by atoms with Gasteiger partial charge < -0.3 is 15.4 Å². The number of carbonyl (C=O) groups excluding carboxylic acids is 2.